The standard InChI is InChI=1S/C13H17NO8/c15-5-9(16)11(18)12-10(17)6-21-13(22-12)7-2-1-3-8(4-7)14(19)20/h1-4,9-13,15-18H,5-6H2/t9-,10+,11-,12-,13?/m1/s1. The van der Waals surface area contributed by atoms with Gasteiger partial charge in [0.1, 0.15) is 24.4 Å². The van der Waals surface area contributed by atoms with Gasteiger partial charge < -0.3 is 29.9 Å². The van der Waals surface area contributed by atoms with E-state index in [1.165, 1.54) is 18.2 Å². The van der Waals surface area contributed by atoms with E-state index in [9.17, 15) is 25.4 Å². The number of benzene rings is 1. The van der Waals surface area contributed by atoms with Crippen LogP contribution in [0.25, 0.3) is 0 Å². The van der Waals surface area contributed by atoms with E-state index in [1.807, 2.05) is 0 Å². The van der Waals surface area contributed by atoms with Crippen molar-refractivity contribution in [1.82, 2.24) is 0 Å². The molecule has 5 atom stereocenters. The average molecular weight is 315 g/mol. The molecule has 1 unspecified atom stereocenters. The van der Waals surface area contributed by atoms with Crippen LogP contribution in [0, 0.1) is 10.1 Å². The summed E-state index contributed by atoms with van der Waals surface area (Å²) in [4.78, 5) is 10.2. The van der Waals surface area contributed by atoms with E-state index >= 15 is 0 Å². The van der Waals surface area contributed by atoms with Crippen LogP contribution in [0.3, 0.4) is 0 Å². The topological polar surface area (TPSA) is 143 Å². The van der Waals surface area contributed by atoms with Crippen molar-refractivity contribution in [1.29, 1.82) is 0 Å². The monoisotopic (exact) mass is 315 g/mol. The zero-order valence-corrected chi connectivity index (χ0v) is 11.5. The van der Waals surface area contributed by atoms with Crippen molar-refractivity contribution in [3.8, 4) is 0 Å². The van der Waals surface area contributed by atoms with Gasteiger partial charge in [-0.15, -0.1) is 0 Å². The highest BCUT2D eigenvalue weighted by atomic mass is 16.7. The summed E-state index contributed by atoms with van der Waals surface area (Å²) in [5.74, 6) is 0. The lowest BCUT2D eigenvalue weighted by atomic mass is 10.0. The van der Waals surface area contributed by atoms with E-state index < -0.39 is 42.2 Å². The second kappa shape index (κ2) is 7.09. The van der Waals surface area contributed by atoms with Crippen molar-refractivity contribution in [2.24, 2.45) is 0 Å². The van der Waals surface area contributed by atoms with Crippen molar-refractivity contribution in [3.05, 3.63) is 39.9 Å². The number of aliphatic hydroxyl groups is 4. The number of ether oxygens (including phenoxy) is 2. The Kier molecular flexibility index (Phi) is 5.40. The second-order valence-corrected chi connectivity index (χ2v) is 4.93. The Morgan fingerprint density at radius 3 is 2.77 bits per heavy atom. The van der Waals surface area contributed by atoms with Crippen LogP contribution in [0.2, 0.25) is 0 Å². The van der Waals surface area contributed by atoms with Crippen molar-refractivity contribution < 1.29 is 34.8 Å². The molecule has 1 heterocycles. The average Bonchev–Trinajstić information content (AvgIpc) is 2.54. The van der Waals surface area contributed by atoms with E-state index in [1.54, 1.807) is 6.07 Å². The minimum Gasteiger partial charge on any atom is -0.394 e. The first-order valence-electron chi connectivity index (χ1n) is 6.60. The summed E-state index contributed by atoms with van der Waals surface area (Å²) in [7, 11) is 0. The van der Waals surface area contributed by atoms with Crippen LogP contribution in [-0.4, -0.2) is 63.0 Å². The van der Waals surface area contributed by atoms with Gasteiger partial charge in [-0.1, -0.05) is 12.1 Å². The molecule has 9 nitrogen and oxygen atoms in total. The smallest absolute Gasteiger partial charge is 0.269 e. The van der Waals surface area contributed by atoms with Crippen LogP contribution in [0.4, 0.5) is 5.69 Å². The van der Waals surface area contributed by atoms with Crippen LogP contribution in [0.15, 0.2) is 24.3 Å². The molecular weight excluding hydrogens is 298 g/mol. The molecule has 1 aromatic carbocycles. The van der Waals surface area contributed by atoms with Gasteiger partial charge in [0.2, 0.25) is 0 Å². The molecule has 9 heteroatoms. The summed E-state index contributed by atoms with van der Waals surface area (Å²) in [5, 5.41) is 48.7. The summed E-state index contributed by atoms with van der Waals surface area (Å²) in [6.45, 7) is -0.886. The highest BCUT2D eigenvalue weighted by Crippen LogP contribution is 2.30. The molecular formula is C13H17NO8. The lowest BCUT2D eigenvalue weighted by Crippen LogP contribution is -2.52. The normalized spacial score (nSPS) is 28.1. The van der Waals surface area contributed by atoms with Gasteiger partial charge in [0, 0.05) is 17.7 Å². The highest BCUT2D eigenvalue weighted by molar-refractivity contribution is 5.34. The number of rotatable bonds is 5. The number of nitro benzene ring substituents is 1. The molecule has 0 bridgehead atoms. The Morgan fingerprint density at radius 2 is 2.14 bits per heavy atom. The largest absolute Gasteiger partial charge is 0.394 e. The van der Waals surface area contributed by atoms with Crippen LogP contribution in [-0.2, 0) is 9.47 Å². The molecule has 0 radical (unpaired) electrons. The number of aliphatic hydroxyl groups excluding tert-OH is 4. The van der Waals surface area contributed by atoms with Crippen LogP contribution < -0.4 is 0 Å². The molecule has 1 aromatic rings. The number of hydrogen-bond acceptors (Lipinski definition) is 8. The maximum absolute atomic E-state index is 10.8. The van der Waals surface area contributed by atoms with Crippen molar-refractivity contribution in [2.75, 3.05) is 13.2 Å². The first kappa shape index (κ1) is 16.7. The van der Waals surface area contributed by atoms with E-state index in [0.29, 0.717) is 5.56 Å². The van der Waals surface area contributed by atoms with Gasteiger partial charge >= 0.3 is 0 Å². The van der Waals surface area contributed by atoms with Gasteiger partial charge in [0.05, 0.1) is 18.1 Å². The number of hydrogen-bond donors (Lipinski definition) is 4. The van der Waals surface area contributed by atoms with Gasteiger partial charge in [-0.25, -0.2) is 0 Å². The molecule has 0 amide bonds. The van der Waals surface area contributed by atoms with E-state index in [0.717, 1.165) is 0 Å². The molecule has 0 aliphatic carbocycles. The summed E-state index contributed by atoms with van der Waals surface area (Å²) in [6, 6.07) is 5.57. The van der Waals surface area contributed by atoms with Crippen molar-refractivity contribution in [2.45, 2.75) is 30.7 Å². The van der Waals surface area contributed by atoms with Crippen LogP contribution in [0.1, 0.15) is 11.9 Å². The molecule has 22 heavy (non-hydrogen) atoms. The molecule has 0 saturated carbocycles. The van der Waals surface area contributed by atoms with E-state index in [-0.39, 0.29) is 12.3 Å². The molecule has 1 aliphatic rings. The predicted octanol–water partition coefficient (Wildman–Crippen LogP) is -0.916. The summed E-state index contributed by atoms with van der Waals surface area (Å²) in [5.41, 5.74) is 0.195. The van der Waals surface area contributed by atoms with Crippen LogP contribution >= 0.6 is 0 Å². The minimum absolute atomic E-state index is 0.150. The first-order valence-corrected chi connectivity index (χ1v) is 6.60. The summed E-state index contributed by atoms with van der Waals surface area (Å²) in [6.07, 6.45) is -6.44. The molecule has 2 rings (SSSR count). The number of nitrogens with zero attached hydrogens (tertiary/aromatic N) is 1. The molecule has 1 fully saturated rings. The Morgan fingerprint density at radius 1 is 1.41 bits per heavy atom. The zero-order chi connectivity index (χ0) is 16.3. The van der Waals surface area contributed by atoms with E-state index in [2.05, 4.69) is 0 Å². The molecule has 0 spiro atoms. The summed E-state index contributed by atoms with van der Waals surface area (Å²) >= 11 is 0. The van der Waals surface area contributed by atoms with Gasteiger partial charge in [-0.3, -0.25) is 10.1 Å². The predicted molar refractivity (Wildman–Crippen MR) is 71.8 cm³/mol. The van der Waals surface area contributed by atoms with E-state index in [4.69, 9.17) is 14.6 Å². The highest BCUT2D eigenvalue weighted by Gasteiger charge is 2.39. The van der Waals surface area contributed by atoms with Crippen LogP contribution in [0.5, 0.6) is 0 Å². The lowest BCUT2D eigenvalue weighted by molar-refractivity contribution is -0.385. The fraction of sp³-hybridized carbons (Fsp3) is 0.538. The Hall–Kier alpha value is -1.62. The van der Waals surface area contributed by atoms with Crippen molar-refractivity contribution >= 4 is 5.69 Å². The third kappa shape index (κ3) is 3.58. The van der Waals surface area contributed by atoms with Gasteiger partial charge in [0.25, 0.3) is 5.69 Å². The fourth-order valence-electron chi connectivity index (χ4n) is 2.15. The Labute approximate surface area is 125 Å². The summed E-state index contributed by atoms with van der Waals surface area (Å²) < 4.78 is 10.6. The Bertz CT molecular complexity index is 525. The minimum atomic E-state index is -1.52. The van der Waals surface area contributed by atoms with Crippen molar-refractivity contribution in [3.63, 3.8) is 0 Å². The molecule has 4 N–H and O–H groups in total. The van der Waals surface area contributed by atoms with Gasteiger partial charge in [0.15, 0.2) is 6.29 Å². The zero-order valence-electron chi connectivity index (χ0n) is 11.5. The van der Waals surface area contributed by atoms with Gasteiger partial charge in [-0.2, -0.15) is 0 Å². The maximum atomic E-state index is 10.8. The number of non-ortho nitro benzene ring substituents is 1. The third-order valence-electron chi connectivity index (χ3n) is 3.35. The third-order valence-corrected chi connectivity index (χ3v) is 3.35. The fourth-order valence-corrected chi connectivity index (χ4v) is 2.15. The molecule has 0 aromatic heterocycles. The molecule has 1 aliphatic heterocycles. The second-order valence-electron chi connectivity index (χ2n) is 4.93. The Balaban J connectivity index is 2.16. The lowest BCUT2D eigenvalue weighted by Gasteiger charge is -2.37. The molecule has 122 valence electrons. The first-order chi connectivity index (χ1) is 10.4. The van der Waals surface area contributed by atoms with Gasteiger partial charge in [-0.05, 0) is 0 Å². The SMILES string of the molecule is O=[N+]([O-])c1cccc(C2OC[C@H](O)[C@H]([C@H](O)[C@H](O)CO)O2)c1. The maximum Gasteiger partial charge on any atom is 0.269 e. The number of nitro groups is 1. The quantitative estimate of drug-likeness (QED) is 0.404. The molecule has 1 saturated heterocycles.